The van der Waals surface area contributed by atoms with Crippen LogP contribution >= 0.6 is 11.8 Å². The molecule has 0 spiro atoms. The molecule has 1 rings (SSSR count). The lowest BCUT2D eigenvalue weighted by Gasteiger charge is -2.31. The summed E-state index contributed by atoms with van der Waals surface area (Å²) in [6.45, 7) is 5.65. The molecule has 0 radical (unpaired) electrons. The molecule has 0 saturated carbocycles. The number of hydrogen-bond acceptors (Lipinski definition) is 4. The van der Waals surface area contributed by atoms with Crippen molar-refractivity contribution >= 4 is 23.8 Å². The van der Waals surface area contributed by atoms with Gasteiger partial charge in [0.2, 0.25) is 0 Å². The number of urea groups is 1. The average molecular weight is 274 g/mol. The molecule has 7 heteroatoms. The third kappa shape index (κ3) is 3.17. The maximum Gasteiger partial charge on any atom is 0.327 e. The molecule has 2 atom stereocenters. The highest BCUT2D eigenvalue weighted by Gasteiger charge is 2.40. The number of aliphatic carboxylic acids is 1. The molecule has 2 amide bonds. The van der Waals surface area contributed by atoms with Gasteiger partial charge in [-0.2, -0.15) is 0 Å². The number of amides is 2. The summed E-state index contributed by atoms with van der Waals surface area (Å²) in [7, 11) is 0. The summed E-state index contributed by atoms with van der Waals surface area (Å²) in [4.78, 5) is 26.1. The Bertz CT molecular complexity index is 337. The smallest absolute Gasteiger partial charge is 0.327 e. The Morgan fingerprint density at radius 2 is 2.28 bits per heavy atom. The molecule has 102 valence electrons. The quantitative estimate of drug-likeness (QED) is 0.711. The Morgan fingerprint density at radius 3 is 2.78 bits per heavy atom. The first-order chi connectivity index (χ1) is 8.52. The molecule has 1 heterocycles. The topological polar surface area (TPSA) is 81.1 Å². The Balaban J connectivity index is 2.83. The summed E-state index contributed by atoms with van der Waals surface area (Å²) < 4.78 is 0. The highest BCUT2D eigenvalue weighted by molar-refractivity contribution is 8.00. The zero-order chi connectivity index (χ0) is 13.7. The molecule has 0 aromatic carbocycles. The van der Waals surface area contributed by atoms with E-state index in [2.05, 4.69) is 6.58 Å². The molecule has 1 fully saturated rings. The predicted molar refractivity (Wildman–Crippen MR) is 69.4 cm³/mol. The lowest BCUT2D eigenvalue weighted by atomic mass is 10.3. The molecular weight excluding hydrogens is 256 g/mol. The Kier molecular flexibility index (Phi) is 5.49. The van der Waals surface area contributed by atoms with Gasteiger partial charge in [0.25, 0.3) is 0 Å². The van der Waals surface area contributed by atoms with Crippen molar-refractivity contribution in [2.75, 3.05) is 25.4 Å². The van der Waals surface area contributed by atoms with Crippen LogP contribution in [0.25, 0.3) is 0 Å². The molecule has 0 bridgehead atoms. The highest BCUT2D eigenvalue weighted by Crippen LogP contribution is 2.29. The van der Waals surface area contributed by atoms with Crippen molar-refractivity contribution in [1.82, 2.24) is 9.80 Å². The second-order valence-electron chi connectivity index (χ2n) is 3.93. The number of carboxylic acid groups (broad SMARTS) is 1. The van der Waals surface area contributed by atoms with E-state index < -0.39 is 12.0 Å². The van der Waals surface area contributed by atoms with E-state index >= 15 is 0 Å². The minimum absolute atomic E-state index is 0.160. The number of aliphatic hydroxyl groups is 1. The molecule has 2 unspecified atom stereocenters. The van der Waals surface area contributed by atoms with E-state index in [1.165, 1.54) is 21.6 Å². The zero-order valence-corrected chi connectivity index (χ0v) is 11.1. The fourth-order valence-electron chi connectivity index (χ4n) is 1.83. The van der Waals surface area contributed by atoms with E-state index in [1.54, 1.807) is 13.0 Å². The van der Waals surface area contributed by atoms with Gasteiger partial charge in [-0.25, -0.2) is 9.59 Å². The van der Waals surface area contributed by atoms with Gasteiger partial charge in [-0.05, 0) is 6.92 Å². The molecule has 6 nitrogen and oxygen atoms in total. The van der Waals surface area contributed by atoms with Crippen molar-refractivity contribution in [3.63, 3.8) is 0 Å². The number of hydrogen-bond donors (Lipinski definition) is 2. The Labute approximate surface area is 110 Å². The maximum absolute atomic E-state index is 12.3. The summed E-state index contributed by atoms with van der Waals surface area (Å²) in [6, 6.07) is -1.17. The van der Waals surface area contributed by atoms with Gasteiger partial charge in [0.05, 0.1) is 12.0 Å². The molecule has 0 aliphatic carbocycles. The van der Waals surface area contributed by atoms with Gasteiger partial charge in [-0.1, -0.05) is 6.08 Å². The standard InChI is InChI=1S/C11H18N2O4S/c1-3-4-12(5-6-14)11(17)13-8(2)18-7-9(13)10(15)16/h3,8-9,14H,1,4-7H2,2H3,(H,15,16). The van der Waals surface area contributed by atoms with Crippen molar-refractivity contribution in [3.05, 3.63) is 12.7 Å². The van der Waals surface area contributed by atoms with E-state index in [1.807, 2.05) is 0 Å². The van der Waals surface area contributed by atoms with E-state index in [0.717, 1.165) is 0 Å². The first-order valence-electron chi connectivity index (χ1n) is 5.66. The van der Waals surface area contributed by atoms with Crippen molar-refractivity contribution in [2.24, 2.45) is 0 Å². The maximum atomic E-state index is 12.3. The SMILES string of the molecule is C=CCN(CCO)C(=O)N1C(C)SCC1C(=O)O. The van der Waals surface area contributed by atoms with Crippen LogP contribution in [0.4, 0.5) is 4.79 Å². The molecular formula is C11H18N2O4S. The summed E-state index contributed by atoms with van der Waals surface area (Å²) in [6.07, 6.45) is 1.55. The third-order valence-corrected chi connectivity index (χ3v) is 3.94. The fourth-order valence-corrected chi connectivity index (χ4v) is 2.99. The average Bonchev–Trinajstić information content (AvgIpc) is 2.70. The monoisotopic (exact) mass is 274 g/mol. The first-order valence-corrected chi connectivity index (χ1v) is 6.71. The van der Waals surface area contributed by atoms with Crippen LogP contribution in [-0.4, -0.2) is 68.9 Å². The van der Waals surface area contributed by atoms with Crippen LogP contribution in [0.1, 0.15) is 6.92 Å². The van der Waals surface area contributed by atoms with Gasteiger partial charge in [-0.15, -0.1) is 18.3 Å². The van der Waals surface area contributed by atoms with Gasteiger partial charge in [0, 0.05) is 18.8 Å². The van der Waals surface area contributed by atoms with Gasteiger partial charge in [-0.3, -0.25) is 4.90 Å². The molecule has 1 saturated heterocycles. The van der Waals surface area contributed by atoms with Crippen molar-refractivity contribution < 1.29 is 19.8 Å². The predicted octanol–water partition coefficient (Wildman–Crippen LogP) is 0.435. The number of nitrogens with zero attached hydrogens (tertiary/aromatic N) is 2. The Morgan fingerprint density at radius 1 is 1.61 bits per heavy atom. The lowest BCUT2D eigenvalue weighted by Crippen LogP contribution is -2.51. The van der Waals surface area contributed by atoms with Gasteiger partial charge < -0.3 is 15.1 Å². The van der Waals surface area contributed by atoms with Gasteiger partial charge in [0.15, 0.2) is 0 Å². The minimum atomic E-state index is -0.997. The van der Waals surface area contributed by atoms with Crippen LogP contribution in [0.3, 0.4) is 0 Å². The summed E-state index contributed by atoms with van der Waals surface area (Å²) in [5, 5.41) is 17.8. The number of carbonyl (C=O) groups is 2. The van der Waals surface area contributed by atoms with Crippen LogP contribution in [-0.2, 0) is 4.79 Å². The normalized spacial score (nSPS) is 22.9. The van der Waals surface area contributed by atoms with Gasteiger partial charge in [0.1, 0.15) is 6.04 Å². The first kappa shape index (κ1) is 14.8. The number of carbonyl (C=O) groups excluding carboxylic acids is 1. The van der Waals surface area contributed by atoms with Crippen LogP contribution < -0.4 is 0 Å². The third-order valence-electron chi connectivity index (χ3n) is 2.72. The number of aliphatic hydroxyl groups excluding tert-OH is 1. The van der Waals surface area contributed by atoms with E-state index in [9.17, 15) is 9.59 Å². The van der Waals surface area contributed by atoms with Crippen LogP contribution in [0.15, 0.2) is 12.7 Å². The molecule has 18 heavy (non-hydrogen) atoms. The fraction of sp³-hybridized carbons (Fsp3) is 0.636. The molecule has 1 aliphatic rings. The lowest BCUT2D eigenvalue weighted by molar-refractivity contribution is -0.141. The summed E-state index contributed by atoms with van der Waals surface area (Å²) >= 11 is 1.43. The zero-order valence-electron chi connectivity index (χ0n) is 10.3. The molecule has 2 N–H and O–H groups in total. The van der Waals surface area contributed by atoms with Crippen LogP contribution in [0.5, 0.6) is 0 Å². The van der Waals surface area contributed by atoms with Gasteiger partial charge >= 0.3 is 12.0 Å². The van der Waals surface area contributed by atoms with Crippen molar-refractivity contribution in [1.29, 1.82) is 0 Å². The number of rotatable bonds is 5. The van der Waals surface area contributed by atoms with E-state index in [-0.39, 0.29) is 24.6 Å². The number of thioether (sulfide) groups is 1. The Hall–Kier alpha value is -1.21. The van der Waals surface area contributed by atoms with Crippen molar-refractivity contribution in [2.45, 2.75) is 18.3 Å². The van der Waals surface area contributed by atoms with Crippen molar-refractivity contribution in [3.8, 4) is 0 Å². The molecule has 0 aromatic heterocycles. The second kappa shape index (κ2) is 6.65. The summed E-state index contributed by atoms with van der Waals surface area (Å²) in [5.41, 5.74) is 0. The minimum Gasteiger partial charge on any atom is -0.480 e. The van der Waals surface area contributed by atoms with E-state index in [0.29, 0.717) is 12.3 Å². The largest absolute Gasteiger partial charge is 0.480 e. The molecule has 0 aromatic rings. The number of carboxylic acids is 1. The van der Waals surface area contributed by atoms with Crippen LogP contribution in [0.2, 0.25) is 0 Å². The highest BCUT2D eigenvalue weighted by atomic mass is 32.2. The molecule has 1 aliphatic heterocycles. The summed E-state index contributed by atoms with van der Waals surface area (Å²) in [5.74, 6) is -0.605. The van der Waals surface area contributed by atoms with E-state index in [4.69, 9.17) is 10.2 Å². The second-order valence-corrected chi connectivity index (χ2v) is 5.28. The van der Waals surface area contributed by atoms with Crippen LogP contribution in [0, 0.1) is 0 Å².